The lowest BCUT2D eigenvalue weighted by Crippen LogP contribution is -2.34. The number of carbonyl (C=O) groups excluding carboxylic acids is 2. The van der Waals surface area contributed by atoms with Crippen LogP contribution in [0.1, 0.15) is 21.7 Å². The summed E-state index contributed by atoms with van der Waals surface area (Å²) in [5, 5.41) is 3.28. The summed E-state index contributed by atoms with van der Waals surface area (Å²) in [7, 11) is 1.55. The molecule has 0 aliphatic carbocycles. The van der Waals surface area contributed by atoms with E-state index in [2.05, 4.69) is 16.4 Å². The van der Waals surface area contributed by atoms with Gasteiger partial charge in [0.05, 0.1) is 16.5 Å². The lowest BCUT2D eigenvalue weighted by Gasteiger charge is -2.14. The zero-order chi connectivity index (χ0) is 17.3. The van der Waals surface area contributed by atoms with Gasteiger partial charge in [-0.2, -0.15) is 0 Å². The number of nitrogens with one attached hydrogen (secondary N) is 1. The number of carbonyl (C=O) groups is 2. The van der Waals surface area contributed by atoms with Crippen molar-refractivity contribution in [3.63, 3.8) is 0 Å². The quantitative estimate of drug-likeness (QED) is 0.789. The Labute approximate surface area is 143 Å². The molecule has 3 aromatic rings. The van der Waals surface area contributed by atoms with E-state index < -0.39 is 0 Å². The topological polar surface area (TPSA) is 75.4 Å². The minimum Gasteiger partial charge on any atom is -0.459 e. The Morgan fingerprint density at radius 1 is 1.33 bits per heavy atom. The van der Waals surface area contributed by atoms with Crippen LogP contribution in [-0.4, -0.2) is 35.3 Å². The Kier molecular flexibility index (Phi) is 4.35. The fraction of sp³-hybridized carbons (Fsp3) is 0.235. The van der Waals surface area contributed by atoms with Crippen molar-refractivity contribution in [2.75, 3.05) is 18.9 Å². The van der Waals surface area contributed by atoms with Crippen molar-refractivity contribution in [1.82, 2.24) is 9.88 Å². The number of amides is 2. The van der Waals surface area contributed by atoms with Crippen molar-refractivity contribution in [1.29, 1.82) is 0 Å². The van der Waals surface area contributed by atoms with E-state index in [-0.39, 0.29) is 24.1 Å². The average Bonchev–Trinajstić information content (AvgIpc) is 3.15. The van der Waals surface area contributed by atoms with Crippen LogP contribution < -0.4 is 5.32 Å². The standard InChI is InChI=1S/C17H17N3O3S/c1-10-7-11(2)15-13(8-10)24-17(19-15)18-14(21)9-20(3)16(22)12-5-4-6-23-12/h4-8H,9H2,1-3H3,(H,18,19,21). The maximum atomic E-state index is 12.2. The molecule has 1 aromatic carbocycles. The van der Waals surface area contributed by atoms with Crippen LogP contribution >= 0.6 is 11.3 Å². The summed E-state index contributed by atoms with van der Waals surface area (Å²) in [5.41, 5.74) is 3.12. The number of nitrogens with zero attached hydrogens (tertiary/aromatic N) is 2. The molecule has 0 aliphatic rings. The molecule has 6 nitrogen and oxygen atoms in total. The number of aryl methyl sites for hydroxylation is 2. The van der Waals surface area contributed by atoms with Crippen LogP contribution in [0.3, 0.4) is 0 Å². The maximum absolute atomic E-state index is 12.2. The molecule has 2 amide bonds. The highest BCUT2D eigenvalue weighted by Gasteiger charge is 2.18. The number of aromatic nitrogens is 1. The van der Waals surface area contributed by atoms with Crippen LogP contribution in [0.2, 0.25) is 0 Å². The molecule has 24 heavy (non-hydrogen) atoms. The summed E-state index contributed by atoms with van der Waals surface area (Å²) in [6.45, 7) is 3.95. The van der Waals surface area contributed by atoms with Gasteiger partial charge in [0.2, 0.25) is 5.91 Å². The number of hydrogen-bond acceptors (Lipinski definition) is 5. The fourth-order valence-electron chi connectivity index (χ4n) is 2.46. The van der Waals surface area contributed by atoms with E-state index in [0.29, 0.717) is 5.13 Å². The van der Waals surface area contributed by atoms with Crippen molar-refractivity contribution in [3.05, 3.63) is 47.4 Å². The lowest BCUT2D eigenvalue weighted by atomic mass is 10.1. The molecule has 0 atom stereocenters. The van der Waals surface area contributed by atoms with Crippen LogP contribution in [0.4, 0.5) is 5.13 Å². The van der Waals surface area contributed by atoms with Crippen LogP contribution in [0, 0.1) is 13.8 Å². The first kappa shape index (κ1) is 16.2. The number of thiazole rings is 1. The maximum Gasteiger partial charge on any atom is 0.289 e. The summed E-state index contributed by atoms with van der Waals surface area (Å²) in [6, 6.07) is 7.30. The second-order valence-electron chi connectivity index (χ2n) is 5.63. The molecule has 0 saturated heterocycles. The minimum absolute atomic E-state index is 0.0759. The van der Waals surface area contributed by atoms with Crippen molar-refractivity contribution < 1.29 is 14.0 Å². The Bertz CT molecular complexity index is 899. The predicted molar refractivity (Wildman–Crippen MR) is 93.4 cm³/mol. The van der Waals surface area contributed by atoms with Gasteiger partial charge in [0.15, 0.2) is 10.9 Å². The molecule has 0 unspecified atom stereocenters. The van der Waals surface area contributed by atoms with Gasteiger partial charge in [-0.05, 0) is 43.2 Å². The van der Waals surface area contributed by atoms with E-state index >= 15 is 0 Å². The van der Waals surface area contributed by atoms with Gasteiger partial charge in [0, 0.05) is 7.05 Å². The van der Waals surface area contributed by atoms with Gasteiger partial charge in [0.25, 0.3) is 5.91 Å². The van der Waals surface area contributed by atoms with Crippen LogP contribution in [0.5, 0.6) is 0 Å². The summed E-state index contributed by atoms with van der Waals surface area (Å²) >= 11 is 1.42. The Balaban J connectivity index is 1.69. The molecule has 7 heteroatoms. The molecule has 0 saturated carbocycles. The third-order valence-corrected chi connectivity index (χ3v) is 4.45. The van der Waals surface area contributed by atoms with Crippen molar-refractivity contribution in [2.24, 2.45) is 0 Å². The molecule has 0 bridgehead atoms. The van der Waals surface area contributed by atoms with Gasteiger partial charge in [-0.25, -0.2) is 4.98 Å². The Morgan fingerprint density at radius 2 is 2.12 bits per heavy atom. The highest BCUT2D eigenvalue weighted by Crippen LogP contribution is 2.29. The fourth-order valence-corrected chi connectivity index (χ4v) is 3.52. The predicted octanol–water partition coefficient (Wildman–Crippen LogP) is 3.22. The van der Waals surface area contributed by atoms with Crippen molar-refractivity contribution >= 4 is 38.5 Å². The van der Waals surface area contributed by atoms with E-state index in [0.717, 1.165) is 21.3 Å². The van der Waals surface area contributed by atoms with Gasteiger partial charge in [-0.1, -0.05) is 17.4 Å². The number of anilines is 1. The van der Waals surface area contributed by atoms with Gasteiger partial charge >= 0.3 is 0 Å². The molecular formula is C17H17N3O3S. The first-order valence-electron chi connectivity index (χ1n) is 7.40. The third kappa shape index (κ3) is 3.30. The summed E-state index contributed by atoms with van der Waals surface area (Å²) in [5.74, 6) is -0.437. The molecular weight excluding hydrogens is 326 g/mol. The van der Waals surface area contributed by atoms with E-state index in [4.69, 9.17) is 4.42 Å². The molecule has 0 radical (unpaired) electrons. The first-order valence-corrected chi connectivity index (χ1v) is 8.22. The SMILES string of the molecule is Cc1cc(C)c2nc(NC(=O)CN(C)C(=O)c3ccco3)sc2c1. The Morgan fingerprint density at radius 3 is 2.83 bits per heavy atom. The summed E-state index contributed by atoms with van der Waals surface area (Å²) in [6.07, 6.45) is 1.42. The molecule has 2 aromatic heterocycles. The third-order valence-electron chi connectivity index (χ3n) is 3.54. The van der Waals surface area contributed by atoms with Crippen molar-refractivity contribution in [3.8, 4) is 0 Å². The zero-order valence-corrected chi connectivity index (χ0v) is 14.4. The van der Waals surface area contributed by atoms with Crippen LogP contribution in [0.15, 0.2) is 34.9 Å². The highest BCUT2D eigenvalue weighted by molar-refractivity contribution is 7.22. The van der Waals surface area contributed by atoms with E-state index in [1.54, 1.807) is 19.2 Å². The summed E-state index contributed by atoms with van der Waals surface area (Å²) < 4.78 is 6.08. The molecule has 0 fully saturated rings. The number of hydrogen-bond donors (Lipinski definition) is 1. The summed E-state index contributed by atoms with van der Waals surface area (Å²) in [4.78, 5) is 30.0. The van der Waals surface area contributed by atoms with Gasteiger partial charge < -0.3 is 14.6 Å². The second kappa shape index (κ2) is 6.45. The van der Waals surface area contributed by atoms with Crippen LogP contribution in [0.25, 0.3) is 10.2 Å². The van der Waals surface area contributed by atoms with E-state index in [9.17, 15) is 9.59 Å². The number of furan rings is 1. The first-order chi connectivity index (χ1) is 11.4. The lowest BCUT2D eigenvalue weighted by molar-refractivity contribution is -0.116. The number of benzene rings is 1. The van der Waals surface area contributed by atoms with E-state index in [1.807, 2.05) is 19.9 Å². The van der Waals surface area contributed by atoms with Gasteiger partial charge in [0.1, 0.15) is 6.54 Å². The normalized spacial score (nSPS) is 10.8. The van der Waals surface area contributed by atoms with E-state index in [1.165, 1.54) is 22.5 Å². The number of rotatable bonds is 4. The molecule has 2 heterocycles. The van der Waals surface area contributed by atoms with Crippen LogP contribution in [-0.2, 0) is 4.79 Å². The van der Waals surface area contributed by atoms with Gasteiger partial charge in [-0.3, -0.25) is 9.59 Å². The number of fused-ring (bicyclic) bond motifs is 1. The largest absolute Gasteiger partial charge is 0.459 e. The molecule has 3 rings (SSSR count). The highest BCUT2D eigenvalue weighted by atomic mass is 32.1. The molecule has 1 N–H and O–H groups in total. The zero-order valence-electron chi connectivity index (χ0n) is 13.6. The monoisotopic (exact) mass is 343 g/mol. The molecule has 0 spiro atoms. The van der Waals surface area contributed by atoms with Gasteiger partial charge in [-0.15, -0.1) is 0 Å². The molecule has 124 valence electrons. The smallest absolute Gasteiger partial charge is 0.289 e. The minimum atomic E-state index is -0.342. The average molecular weight is 343 g/mol. The Hall–Kier alpha value is -2.67. The van der Waals surface area contributed by atoms with Crippen molar-refractivity contribution in [2.45, 2.75) is 13.8 Å². The molecule has 0 aliphatic heterocycles. The number of likely N-dealkylation sites (N-methyl/N-ethyl adjacent to an activating group) is 1. The second-order valence-corrected chi connectivity index (χ2v) is 6.66.